The lowest BCUT2D eigenvalue weighted by molar-refractivity contribution is -0.185. The second-order valence-corrected chi connectivity index (χ2v) is 16.6. The normalized spacial score (nSPS) is 53.0. The summed E-state index contributed by atoms with van der Waals surface area (Å²) in [5, 5.41) is 0. The number of hydrogen-bond donors (Lipinski definition) is 2. The van der Waals surface area contributed by atoms with Crippen molar-refractivity contribution in [3.05, 3.63) is 11.6 Å². The molecule has 0 aliphatic heterocycles. The van der Waals surface area contributed by atoms with Crippen molar-refractivity contribution in [3.8, 4) is 0 Å². The van der Waals surface area contributed by atoms with Crippen LogP contribution in [0.1, 0.15) is 119 Å². The number of allylic oxidation sites excluding steroid dienone is 2. The summed E-state index contributed by atoms with van der Waals surface area (Å²) in [7, 11) is 0. The molecule has 212 valence electrons. The fourth-order valence-corrected chi connectivity index (χ4v) is 11.1. The van der Waals surface area contributed by atoms with Crippen LogP contribution in [-0.4, -0.2) is 23.8 Å². The molecule has 5 fully saturated rings. The van der Waals surface area contributed by atoms with Crippen molar-refractivity contribution in [2.24, 2.45) is 56.0 Å². The second-order valence-electron chi connectivity index (χ2n) is 16.6. The molecule has 3 N–H and O–H groups in total. The van der Waals surface area contributed by atoms with Gasteiger partial charge in [0.2, 0.25) is 5.91 Å². The number of fused-ring (bicyclic) bond motifs is 7. The van der Waals surface area contributed by atoms with Crippen LogP contribution >= 0.6 is 0 Å². The Labute approximate surface area is 230 Å². The highest BCUT2D eigenvalue weighted by molar-refractivity contribution is 5.95. The van der Waals surface area contributed by atoms with E-state index in [4.69, 9.17) is 10.6 Å². The Hall–Kier alpha value is -1.20. The first-order valence-electron chi connectivity index (χ1n) is 15.6. The summed E-state index contributed by atoms with van der Waals surface area (Å²) in [4.78, 5) is 33.5. The number of ketones is 1. The zero-order valence-electron chi connectivity index (χ0n) is 25.0. The molecule has 0 aromatic carbocycles. The Balaban J connectivity index is 1.35. The van der Waals surface area contributed by atoms with Crippen LogP contribution in [0.2, 0.25) is 0 Å². The molecule has 38 heavy (non-hydrogen) atoms. The lowest BCUT2D eigenvalue weighted by atomic mass is 9.33. The largest absolute Gasteiger partial charge is 0.325 e. The third-order valence-corrected chi connectivity index (χ3v) is 14.0. The molecule has 6 rings (SSSR count). The van der Waals surface area contributed by atoms with Gasteiger partial charge in [-0.05, 0) is 109 Å². The standard InChI is InChI=1S/C33H52N2O3/c1-28(2)10-8-11-31(5)25(28)9-12-33(7)26(31)23(36)17-20-21-19-30(4,27(37)35-38-24-18-22(24)34)14-13-29(21,3)15-16-32(20,33)6/h17,21-22,24-26H,8-16,18-19,34H2,1-7H3,(H,35,37)/t21-,22-,24?,25?,26+,29+,30-,31-,32+,33+/m0/s1. The van der Waals surface area contributed by atoms with Crippen molar-refractivity contribution in [3.63, 3.8) is 0 Å². The Morgan fingerprint density at radius 3 is 2.34 bits per heavy atom. The Kier molecular flexibility index (Phi) is 5.81. The van der Waals surface area contributed by atoms with Crippen molar-refractivity contribution in [1.82, 2.24) is 5.48 Å². The molecule has 0 bridgehead atoms. The van der Waals surface area contributed by atoms with Crippen LogP contribution in [0.5, 0.6) is 0 Å². The van der Waals surface area contributed by atoms with Gasteiger partial charge >= 0.3 is 0 Å². The molecule has 2 unspecified atom stereocenters. The summed E-state index contributed by atoms with van der Waals surface area (Å²) in [6, 6.07) is 0.0376. The molecule has 5 saturated carbocycles. The second kappa shape index (κ2) is 8.18. The molecule has 0 aromatic heterocycles. The third kappa shape index (κ3) is 3.55. The smallest absolute Gasteiger partial charge is 0.249 e. The Morgan fingerprint density at radius 1 is 0.974 bits per heavy atom. The van der Waals surface area contributed by atoms with Crippen LogP contribution in [0.15, 0.2) is 11.6 Å². The molecule has 0 aromatic rings. The Morgan fingerprint density at radius 2 is 1.66 bits per heavy atom. The van der Waals surface area contributed by atoms with Gasteiger partial charge < -0.3 is 5.73 Å². The molecule has 1 amide bonds. The highest BCUT2D eigenvalue weighted by Gasteiger charge is 2.69. The average molecular weight is 525 g/mol. The van der Waals surface area contributed by atoms with Crippen LogP contribution in [0.25, 0.3) is 0 Å². The minimum atomic E-state index is -0.500. The van der Waals surface area contributed by atoms with E-state index in [1.165, 1.54) is 37.7 Å². The van der Waals surface area contributed by atoms with E-state index >= 15 is 0 Å². The molecule has 10 atom stereocenters. The molecule has 6 aliphatic carbocycles. The quantitative estimate of drug-likeness (QED) is 0.413. The first kappa shape index (κ1) is 27.0. The van der Waals surface area contributed by atoms with E-state index in [0.29, 0.717) is 17.1 Å². The van der Waals surface area contributed by atoms with Gasteiger partial charge in [-0.2, -0.15) is 0 Å². The third-order valence-electron chi connectivity index (χ3n) is 14.0. The zero-order valence-corrected chi connectivity index (χ0v) is 25.0. The molecular formula is C33H52N2O3. The maximum Gasteiger partial charge on any atom is 0.249 e. The van der Waals surface area contributed by atoms with Crippen molar-refractivity contribution in [2.75, 3.05) is 0 Å². The van der Waals surface area contributed by atoms with Crippen LogP contribution in [0, 0.1) is 50.2 Å². The number of carbonyl (C=O) groups excluding carboxylic acids is 2. The fourth-order valence-electron chi connectivity index (χ4n) is 11.1. The van der Waals surface area contributed by atoms with E-state index in [2.05, 4.69) is 60.0 Å². The van der Waals surface area contributed by atoms with Gasteiger partial charge in [0.15, 0.2) is 5.78 Å². The summed E-state index contributed by atoms with van der Waals surface area (Å²) in [5.74, 6) is 1.33. The lowest BCUT2D eigenvalue weighted by Gasteiger charge is -2.70. The van der Waals surface area contributed by atoms with Gasteiger partial charge in [-0.1, -0.05) is 60.5 Å². The maximum atomic E-state index is 14.4. The summed E-state index contributed by atoms with van der Waals surface area (Å²) in [5.41, 5.74) is 10.0. The highest BCUT2D eigenvalue weighted by Crippen LogP contribution is 2.75. The first-order chi connectivity index (χ1) is 17.6. The van der Waals surface area contributed by atoms with E-state index < -0.39 is 5.41 Å². The number of nitrogens with two attached hydrogens (primary N) is 1. The number of amides is 1. The van der Waals surface area contributed by atoms with E-state index in [0.717, 1.165) is 38.5 Å². The SMILES string of the molecule is CC1(C)CCC[C@@]2(C)C1CC[C@]1(C)[C@@H]2C(=O)C=C2[C@@H]3C[C@@](C)(C(=O)NOC4C[C@@H]4N)CC[C@]3(C)CC[C@]21C. The zero-order chi connectivity index (χ0) is 27.5. The highest BCUT2D eigenvalue weighted by atomic mass is 16.7. The molecular weight excluding hydrogens is 472 g/mol. The predicted octanol–water partition coefficient (Wildman–Crippen LogP) is 6.50. The summed E-state index contributed by atoms with van der Waals surface area (Å²) in [6.45, 7) is 16.9. The average Bonchev–Trinajstić information content (AvgIpc) is 3.54. The van der Waals surface area contributed by atoms with Gasteiger partial charge in [0.05, 0.1) is 0 Å². The van der Waals surface area contributed by atoms with Gasteiger partial charge in [-0.25, -0.2) is 5.48 Å². The predicted molar refractivity (Wildman–Crippen MR) is 150 cm³/mol. The van der Waals surface area contributed by atoms with Gasteiger partial charge in [0.25, 0.3) is 0 Å². The molecule has 0 spiro atoms. The lowest BCUT2D eigenvalue weighted by Crippen LogP contribution is -2.65. The number of nitrogens with one attached hydrogen (secondary N) is 1. The number of hydrogen-bond acceptors (Lipinski definition) is 4. The maximum absolute atomic E-state index is 14.4. The number of rotatable bonds is 3. The van der Waals surface area contributed by atoms with Crippen molar-refractivity contribution >= 4 is 11.7 Å². The molecule has 6 aliphatic rings. The monoisotopic (exact) mass is 524 g/mol. The number of hydroxylamine groups is 1. The summed E-state index contributed by atoms with van der Waals surface area (Å²) < 4.78 is 0. The molecule has 5 heteroatoms. The first-order valence-corrected chi connectivity index (χ1v) is 15.6. The minimum absolute atomic E-state index is 0.00265. The van der Waals surface area contributed by atoms with Crippen molar-refractivity contribution in [2.45, 2.75) is 131 Å². The topological polar surface area (TPSA) is 81.4 Å². The van der Waals surface area contributed by atoms with Crippen LogP contribution in [0.4, 0.5) is 0 Å². The van der Waals surface area contributed by atoms with Crippen LogP contribution < -0.4 is 11.2 Å². The van der Waals surface area contributed by atoms with Gasteiger partial charge in [-0.15, -0.1) is 0 Å². The fraction of sp³-hybridized carbons (Fsp3) is 0.879. The molecule has 0 saturated heterocycles. The van der Waals surface area contributed by atoms with Crippen molar-refractivity contribution < 1.29 is 14.4 Å². The van der Waals surface area contributed by atoms with Crippen molar-refractivity contribution in [1.29, 1.82) is 0 Å². The van der Waals surface area contributed by atoms with E-state index in [-0.39, 0.29) is 51.5 Å². The Bertz CT molecular complexity index is 1080. The van der Waals surface area contributed by atoms with Gasteiger partial charge in [-0.3, -0.25) is 14.4 Å². The van der Waals surface area contributed by atoms with Gasteiger partial charge in [0, 0.05) is 17.4 Å². The number of carbonyl (C=O) groups is 2. The van der Waals surface area contributed by atoms with E-state index in [1.54, 1.807) is 0 Å². The minimum Gasteiger partial charge on any atom is -0.325 e. The summed E-state index contributed by atoms with van der Waals surface area (Å²) >= 11 is 0. The molecule has 0 heterocycles. The van der Waals surface area contributed by atoms with Crippen LogP contribution in [-0.2, 0) is 14.4 Å². The van der Waals surface area contributed by atoms with Gasteiger partial charge in [0.1, 0.15) is 6.10 Å². The molecule has 0 radical (unpaired) electrons. The van der Waals surface area contributed by atoms with E-state index in [9.17, 15) is 9.59 Å². The molecule has 5 nitrogen and oxygen atoms in total. The summed E-state index contributed by atoms with van der Waals surface area (Å²) in [6.07, 6.45) is 13.9. The van der Waals surface area contributed by atoms with Crippen LogP contribution in [0.3, 0.4) is 0 Å². The van der Waals surface area contributed by atoms with E-state index in [1.807, 2.05) is 0 Å².